The number of hydrogen-bond acceptors (Lipinski definition) is 5. The molecule has 92 valence electrons. The van der Waals surface area contributed by atoms with Gasteiger partial charge in [-0.05, 0) is 6.07 Å². The van der Waals surface area contributed by atoms with E-state index in [1.165, 1.54) is 30.6 Å². The lowest BCUT2D eigenvalue weighted by Gasteiger charge is -2.06. The highest BCUT2D eigenvalue weighted by Gasteiger charge is 2.19. The largest absolute Gasteiger partial charge is 0.429 e. The van der Waals surface area contributed by atoms with Gasteiger partial charge in [0.05, 0.1) is 22.3 Å². The Kier molecular flexibility index (Phi) is 3.59. The molecular formula is C10H5Cl2N3O3. The molecule has 0 atom stereocenters. The molecular weight excluding hydrogens is 281 g/mol. The molecule has 0 unspecified atom stereocenters. The monoisotopic (exact) mass is 285 g/mol. The molecule has 0 saturated carbocycles. The molecule has 2 rings (SSSR count). The Morgan fingerprint density at radius 3 is 2.72 bits per heavy atom. The summed E-state index contributed by atoms with van der Waals surface area (Å²) in [5.74, 6) is -0.0700. The van der Waals surface area contributed by atoms with Gasteiger partial charge in [0.1, 0.15) is 0 Å². The second-order valence-electron chi connectivity index (χ2n) is 3.13. The van der Waals surface area contributed by atoms with Crippen LogP contribution >= 0.6 is 23.2 Å². The Balaban J connectivity index is 2.42. The molecule has 0 N–H and O–H groups in total. The van der Waals surface area contributed by atoms with E-state index in [1.807, 2.05) is 0 Å². The molecule has 1 aromatic carbocycles. The molecule has 0 bridgehead atoms. The van der Waals surface area contributed by atoms with Gasteiger partial charge in [-0.1, -0.05) is 29.3 Å². The van der Waals surface area contributed by atoms with Crippen molar-refractivity contribution in [3.05, 3.63) is 50.9 Å². The predicted molar refractivity (Wildman–Crippen MR) is 65.2 cm³/mol. The number of hydrogen-bond donors (Lipinski definition) is 0. The van der Waals surface area contributed by atoms with E-state index < -0.39 is 4.92 Å². The zero-order chi connectivity index (χ0) is 13.1. The van der Waals surface area contributed by atoms with E-state index in [4.69, 9.17) is 27.9 Å². The molecule has 6 nitrogen and oxygen atoms in total. The van der Waals surface area contributed by atoms with Crippen LogP contribution in [-0.2, 0) is 0 Å². The zero-order valence-corrected chi connectivity index (χ0v) is 10.2. The van der Waals surface area contributed by atoms with Gasteiger partial charge in [0.25, 0.3) is 0 Å². The van der Waals surface area contributed by atoms with E-state index in [1.54, 1.807) is 0 Å². The topological polar surface area (TPSA) is 78.2 Å². The Labute approximate surface area is 111 Å². The lowest BCUT2D eigenvalue weighted by atomic mass is 10.3. The second-order valence-corrected chi connectivity index (χ2v) is 3.92. The average molecular weight is 286 g/mol. The van der Waals surface area contributed by atoms with Gasteiger partial charge >= 0.3 is 5.69 Å². The number of nitrogens with zero attached hydrogens (tertiary/aromatic N) is 3. The minimum atomic E-state index is -0.598. The van der Waals surface area contributed by atoms with Gasteiger partial charge in [0, 0.05) is 6.07 Å². The molecule has 0 fully saturated rings. The summed E-state index contributed by atoms with van der Waals surface area (Å²) in [6.45, 7) is 0. The molecule has 0 aliphatic carbocycles. The Morgan fingerprint density at radius 2 is 2.06 bits per heavy atom. The number of rotatable bonds is 3. The summed E-state index contributed by atoms with van der Waals surface area (Å²) in [6, 6.07) is 4.21. The quantitative estimate of drug-likeness (QED) is 0.637. The van der Waals surface area contributed by atoms with Crippen LogP contribution < -0.4 is 4.74 Å². The minimum absolute atomic E-state index is 0.0266. The number of halogens is 2. The first-order chi connectivity index (χ1) is 8.58. The first-order valence-corrected chi connectivity index (χ1v) is 5.42. The molecule has 18 heavy (non-hydrogen) atoms. The van der Waals surface area contributed by atoms with Crippen molar-refractivity contribution in [1.29, 1.82) is 0 Å². The van der Waals surface area contributed by atoms with E-state index in [0.717, 1.165) is 0 Å². The van der Waals surface area contributed by atoms with Crippen LogP contribution in [0.2, 0.25) is 10.2 Å². The molecule has 0 aliphatic heterocycles. The van der Waals surface area contributed by atoms with Gasteiger partial charge in [0.15, 0.2) is 5.15 Å². The molecule has 0 saturated heterocycles. The van der Waals surface area contributed by atoms with E-state index in [0.29, 0.717) is 0 Å². The zero-order valence-electron chi connectivity index (χ0n) is 8.71. The van der Waals surface area contributed by atoms with Crippen molar-refractivity contribution in [2.45, 2.75) is 0 Å². The fourth-order valence-corrected chi connectivity index (χ4v) is 1.57. The van der Waals surface area contributed by atoms with Gasteiger partial charge in [-0.15, -0.1) is 0 Å². The first-order valence-electron chi connectivity index (χ1n) is 4.66. The number of aromatic nitrogens is 2. The van der Waals surface area contributed by atoms with Crippen molar-refractivity contribution in [3.63, 3.8) is 0 Å². The van der Waals surface area contributed by atoms with Crippen molar-refractivity contribution < 1.29 is 9.66 Å². The van der Waals surface area contributed by atoms with Gasteiger partial charge in [-0.2, -0.15) is 4.98 Å². The highest BCUT2D eigenvalue weighted by atomic mass is 35.5. The molecule has 0 aliphatic rings. The first kappa shape index (κ1) is 12.5. The molecule has 2 aromatic rings. The molecule has 0 radical (unpaired) electrons. The summed E-state index contributed by atoms with van der Waals surface area (Å²) in [5.41, 5.74) is -0.260. The summed E-state index contributed by atoms with van der Waals surface area (Å²) in [7, 11) is 0. The van der Waals surface area contributed by atoms with Crippen LogP contribution in [0.5, 0.6) is 11.6 Å². The Hall–Kier alpha value is -1.92. The summed E-state index contributed by atoms with van der Waals surface area (Å²) in [5, 5.41) is 11.1. The van der Waals surface area contributed by atoms with Crippen molar-refractivity contribution in [1.82, 2.24) is 9.97 Å². The molecule has 1 aromatic heterocycles. The normalized spacial score (nSPS) is 10.1. The SMILES string of the molecule is O=[N+]([O-])c1cccc(Cl)c1Oc1cncc(Cl)n1. The van der Waals surface area contributed by atoms with Crippen LogP contribution in [0.3, 0.4) is 0 Å². The number of para-hydroxylation sites is 1. The van der Waals surface area contributed by atoms with Gasteiger partial charge in [-0.3, -0.25) is 15.1 Å². The van der Waals surface area contributed by atoms with Crippen LogP contribution in [0.1, 0.15) is 0 Å². The summed E-state index contributed by atoms with van der Waals surface area (Å²) in [6.07, 6.45) is 2.59. The summed E-state index contributed by atoms with van der Waals surface area (Å²) < 4.78 is 5.25. The maximum Gasteiger partial charge on any atom is 0.313 e. The molecule has 1 heterocycles. The molecule has 0 amide bonds. The van der Waals surface area contributed by atoms with E-state index >= 15 is 0 Å². The van der Waals surface area contributed by atoms with Crippen LogP contribution in [0.15, 0.2) is 30.6 Å². The summed E-state index contributed by atoms with van der Waals surface area (Å²) >= 11 is 11.5. The van der Waals surface area contributed by atoms with E-state index in [9.17, 15) is 10.1 Å². The molecule has 0 spiro atoms. The number of nitro benzene ring substituents is 1. The lowest BCUT2D eigenvalue weighted by Crippen LogP contribution is -1.95. The maximum absolute atomic E-state index is 10.8. The van der Waals surface area contributed by atoms with Crippen molar-refractivity contribution in [3.8, 4) is 11.6 Å². The van der Waals surface area contributed by atoms with Crippen LogP contribution in [-0.4, -0.2) is 14.9 Å². The third-order valence-corrected chi connectivity index (χ3v) is 2.41. The Bertz CT molecular complexity index is 607. The fourth-order valence-electron chi connectivity index (χ4n) is 1.22. The Morgan fingerprint density at radius 1 is 1.28 bits per heavy atom. The van der Waals surface area contributed by atoms with Crippen LogP contribution in [0.4, 0.5) is 5.69 Å². The average Bonchev–Trinajstić information content (AvgIpc) is 2.31. The minimum Gasteiger partial charge on any atom is -0.429 e. The number of nitro groups is 1. The third kappa shape index (κ3) is 2.66. The molecule has 8 heteroatoms. The highest BCUT2D eigenvalue weighted by Crippen LogP contribution is 2.37. The fraction of sp³-hybridized carbons (Fsp3) is 0. The van der Waals surface area contributed by atoms with Gasteiger partial charge < -0.3 is 4.74 Å². The second kappa shape index (κ2) is 5.16. The standard InChI is InChI=1S/C10H5Cl2N3O3/c11-6-2-1-3-7(15(16)17)10(6)18-9-5-13-4-8(12)14-9/h1-5H. The van der Waals surface area contributed by atoms with Crippen molar-refractivity contribution in [2.75, 3.05) is 0 Å². The van der Waals surface area contributed by atoms with Crippen LogP contribution in [0.25, 0.3) is 0 Å². The van der Waals surface area contributed by atoms with Gasteiger partial charge in [0.2, 0.25) is 11.6 Å². The third-order valence-electron chi connectivity index (χ3n) is 1.93. The number of ether oxygens (including phenoxy) is 1. The number of benzene rings is 1. The van der Waals surface area contributed by atoms with Crippen LogP contribution in [0, 0.1) is 10.1 Å². The van der Waals surface area contributed by atoms with Crippen molar-refractivity contribution >= 4 is 28.9 Å². The highest BCUT2D eigenvalue weighted by molar-refractivity contribution is 6.32. The smallest absolute Gasteiger partial charge is 0.313 e. The van der Waals surface area contributed by atoms with Gasteiger partial charge in [-0.25, -0.2) is 0 Å². The maximum atomic E-state index is 10.8. The predicted octanol–water partition coefficient (Wildman–Crippen LogP) is 3.48. The summed E-state index contributed by atoms with van der Waals surface area (Å²) in [4.78, 5) is 17.8. The van der Waals surface area contributed by atoms with Crippen molar-refractivity contribution in [2.24, 2.45) is 0 Å². The van der Waals surface area contributed by atoms with E-state index in [-0.39, 0.29) is 27.5 Å². The van der Waals surface area contributed by atoms with E-state index in [2.05, 4.69) is 9.97 Å². The lowest BCUT2D eigenvalue weighted by molar-refractivity contribution is -0.385.